The number of H-pyrrole nitrogens is 1. The molecule has 3 rings (SSSR count). The van der Waals surface area contributed by atoms with E-state index in [1.54, 1.807) is 24.3 Å². The third-order valence-corrected chi connectivity index (χ3v) is 3.66. The summed E-state index contributed by atoms with van der Waals surface area (Å²) in [7, 11) is 1.46. The quantitative estimate of drug-likeness (QED) is 0.655. The van der Waals surface area contributed by atoms with Crippen LogP contribution in [0, 0.1) is 6.57 Å². The van der Waals surface area contributed by atoms with Crippen LogP contribution in [0.15, 0.2) is 36.4 Å². The highest BCUT2D eigenvalue weighted by Gasteiger charge is 2.30. The molecule has 0 fully saturated rings. The van der Waals surface area contributed by atoms with Crippen molar-refractivity contribution in [1.82, 2.24) is 10.2 Å². The van der Waals surface area contributed by atoms with Crippen LogP contribution in [0.4, 0.5) is 18.9 Å². The lowest BCUT2D eigenvalue weighted by molar-refractivity contribution is -0.137. The Bertz CT molecular complexity index is 997. The van der Waals surface area contributed by atoms with Gasteiger partial charge in [-0.05, 0) is 29.8 Å². The van der Waals surface area contributed by atoms with Crippen molar-refractivity contribution in [2.24, 2.45) is 0 Å². The molecule has 0 atom stereocenters. The van der Waals surface area contributed by atoms with Gasteiger partial charge in [0.15, 0.2) is 0 Å². The van der Waals surface area contributed by atoms with Crippen LogP contribution in [0.2, 0.25) is 0 Å². The summed E-state index contributed by atoms with van der Waals surface area (Å²) in [5, 5.41) is 7.58. The first kappa shape index (κ1) is 16.6. The smallest absolute Gasteiger partial charge is 0.416 e. The largest absolute Gasteiger partial charge is 0.507 e. The van der Waals surface area contributed by atoms with Gasteiger partial charge in [0.1, 0.15) is 5.75 Å². The van der Waals surface area contributed by atoms with Crippen LogP contribution >= 0.6 is 0 Å². The van der Waals surface area contributed by atoms with E-state index in [1.165, 1.54) is 19.3 Å². The van der Waals surface area contributed by atoms with Gasteiger partial charge in [-0.3, -0.25) is 5.10 Å². The second kappa shape index (κ2) is 6.32. The Hall–Kier alpha value is -3.27. The van der Waals surface area contributed by atoms with Crippen LogP contribution < -0.4 is 4.74 Å². The van der Waals surface area contributed by atoms with E-state index < -0.39 is 11.7 Å². The fraction of sp³-hybridized carbons (Fsp3) is 0.111. The Morgan fingerprint density at radius 2 is 2.00 bits per heavy atom. The minimum atomic E-state index is -4.39. The number of methoxy groups -OCH3 is 1. The molecule has 0 radical (unpaired) electrons. The first-order valence-electron chi connectivity index (χ1n) is 7.22. The molecule has 0 unspecified atom stereocenters. The fourth-order valence-corrected chi connectivity index (χ4v) is 2.50. The van der Waals surface area contributed by atoms with Gasteiger partial charge in [0.25, 0.3) is 0 Å². The van der Waals surface area contributed by atoms with Crippen molar-refractivity contribution in [3.05, 3.63) is 64.6 Å². The number of ether oxygens (including phenoxy) is 1. The van der Waals surface area contributed by atoms with E-state index in [0.29, 0.717) is 33.6 Å². The molecular weight excluding hydrogens is 331 g/mol. The first-order valence-corrected chi connectivity index (χ1v) is 7.22. The molecule has 0 spiro atoms. The van der Waals surface area contributed by atoms with Gasteiger partial charge < -0.3 is 4.74 Å². The Morgan fingerprint density at radius 1 is 1.20 bits per heavy atom. The number of nitrogens with one attached hydrogen (secondary N) is 1. The highest BCUT2D eigenvalue weighted by atomic mass is 19.4. The number of hydrogen-bond acceptors (Lipinski definition) is 2. The summed E-state index contributed by atoms with van der Waals surface area (Å²) < 4.78 is 43.7. The fourth-order valence-electron chi connectivity index (χ4n) is 2.50. The van der Waals surface area contributed by atoms with Crippen LogP contribution in [0.1, 0.15) is 16.8 Å². The molecule has 1 heterocycles. The Morgan fingerprint density at radius 3 is 2.68 bits per heavy atom. The van der Waals surface area contributed by atoms with Crippen molar-refractivity contribution in [2.45, 2.75) is 6.18 Å². The van der Waals surface area contributed by atoms with Gasteiger partial charge in [0.2, 0.25) is 5.69 Å². The second-order valence-corrected chi connectivity index (χ2v) is 5.22. The molecule has 0 aliphatic heterocycles. The molecule has 25 heavy (non-hydrogen) atoms. The molecule has 126 valence electrons. The molecule has 0 bridgehead atoms. The molecule has 7 heteroatoms. The SMILES string of the molecule is [C-]#[N+]c1ccc2[nH]nc(C=Cc3cccc(C(F)(F)F)c3)c2c1OC. The number of nitrogens with zero attached hydrogens (tertiary/aromatic N) is 2. The third kappa shape index (κ3) is 3.19. The molecular formula is C18H12F3N3O. The van der Waals surface area contributed by atoms with Gasteiger partial charge in [-0.15, -0.1) is 0 Å². The lowest BCUT2D eigenvalue weighted by Crippen LogP contribution is -2.04. The lowest BCUT2D eigenvalue weighted by atomic mass is 10.1. The molecule has 0 amide bonds. The predicted octanol–water partition coefficient (Wildman–Crippen LogP) is 5.31. The van der Waals surface area contributed by atoms with Crippen molar-refractivity contribution in [1.29, 1.82) is 0 Å². The van der Waals surface area contributed by atoms with Crippen molar-refractivity contribution in [3.63, 3.8) is 0 Å². The van der Waals surface area contributed by atoms with Gasteiger partial charge in [0.05, 0.1) is 35.8 Å². The summed E-state index contributed by atoms with van der Waals surface area (Å²) in [6.07, 6.45) is -1.27. The number of halogens is 3. The molecule has 4 nitrogen and oxygen atoms in total. The highest BCUT2D eigenvalue weighted by molar-refractivity contribution is 5.98. The second-order valence-electron chi connectivity index (χ2n) is 5.22. The third-order valence-electron chi connectivity index (χ3n) is 3.66. The number of aromatic amines is 1. The van der Waals surface area contributed by atoms with E-state index in [0.717, 1.165) is 12.1 Å². The monoisotopic (exact) mass is 343 g/mol. The van der Waals surface area contributed by atoms with Crippen molar-refractivity contribution < 1.29 is 17.9 Å². The highest BCUT2D eigenvalue weighted by Crippen LogP contribution is 2.37. The van der Waals surface area contributed by atoms with Crippen LogP contribution in [0.25, 0.3) is 27.9 Å². The zero-order valence-corrected chi connectivity index (χ0v) is 13.1. The molecule has 1 N–H and O–H groups in total. The average molecular weight is 343 g/mol. The van der Waals surface area contributed by atoms with Crippen LogP contribution in [0.3, 0.4) is 0 Å². The number of fused-ring (bicyclic) bond motifs is 1. The van der Waals surface area contributed by atoms with E-state index in [-0.39, 0.29) is 0 Å². The maximum absolute atomic E-state index is 12.8. The summed E-state index contributed by atoms with van der Waals surface area (Å²) in [5.41, 5.74) is 1.17. The van der Waals surface area contributed by atoms with Gasteiger partial charge >= 0.3 is 6.18 Å². The summed E-state index contributed by atoms with van der Waals surface area (Å²) in [5.74, 6) is 0.380. The summed E-state index contributed by atoms with van der Waals surface area (Å²) in [4.78, 5) is 3.40. The van der Waals surface area contributed by atoms with Gasteiger partial charge in [0, 0.05) is 0 Å². The Balaban J connectivity index is 2.04. The molecule has 0 aliphatic rings. The molecule has 0 saturated carbocycles. The zero-order chi connectivity index (χ0) is 18.0. The minimum absolute atomic E-state index is 0.338. The van der Waals surface area contributed by atoms with E-state index in [4.69, 9.17) is 11.3 Å². The molecule has 2 aromatic carbocycles. The molecule has 1 aromatic heterocycles. The first-order chi connectivity index (χ1) is 11.9. The number of hydrogen-bond donors (Lipinski definition) is 1. The predicted molar refractivity (Wildman–Crippen MR) is 89.3 cm³/mol. The number of benzene rings is 2. The number of aromatic nitrogens is 2. The average Bonchev–Trinajstić information content (AvgIpc) is 3.01. The summed E-state index contributed by atoms with van der Waals surface area (Å²) >= 11 is 0. The van der Waals surface area contributed by atoms with Crippen molar-refractivity contribution in [3.8, 4) is 5.75 Å². The van der Waals surface area contributed by atoms with E-state index in [2.05, 4.69) is 15.0 Å². The zero-order valence-electron chi connectivity index (χ0n) is 13.1. The Kier molecular flexibility index (Phi) is 4.19. The standard InChI is InChI=1S/C18H12F3N3O/c1-22-15-9-8-14-16(17(15)25-2)13(23-24-14)7-6-11-4-3-5-12(10-11)18(19,20)21/h3-10H,2H3,(H,23,24). The van der Waals surface area contributed by atoms with E-state index >= 15 is 0 Å². The van der Waals surface area contributed by atoms with Crippen molar-refractivity contribution >= 4 is 28.7 Å². The Labute approximate surface area is 141 Å². The summed E-state index contributed by atoms with van der Waals surface area (Å²) in [6, 6.07) is 8.33. The topological polar surface area (TPSA) is 42.3 Å². The van der Waals surface area contributed by atoms with Gasteiger partial charge in [-0.25, -0.2) is 4.85 Å². The normalized spacial score (nSPS) is 11.8. The number of rotatable bonds is 3. The van der Waals surface area contributed by atoms with Crippen LogP contribution in [-0.4, -0.2) is 17.3 Å². The minimum Gasteiger partial charge on any atom is -0.507 e. The maximum Gasteiger partial charge on any atom is 0.416 e. The lowest BCUT2D eigenvalue weighted by Gasteiger charge is -2.06. The van der Waals surface area contributed by atoms with Crippen LogP contribution in [-0.2, 0) is 6.18 Å². The summed E-state index contributed by atoms with van der Waals surface area (Å²) in [6.45, 7) is 7.20. The van der Waals surface area contributed by atoms with Crippen molar-refractivity contribution in [2.75, 3.05) is 7.11 Å². The van der Waals surface area contributed by atoms with Gasteiger partial charge in [-0.2, -0.15) is 18.3 Å². The van der Waals surface area contributed by atoms with Crippen LogP contribution in [0.5, 0.6) is 5.75 Å². The number of alkyl halides is 3. The van der Waals surface area contributed by atoms with Gasteiger partial charge in [-0.1, -0.05) is 24.3 Å². The van der Waals surface area contributed by atoms with E-state index in [1.807, 2.05) is 0 Å². The molecule has 0 aliphatic carbocycles. The molecule has 0 saturated heterocycles. The van der Waals surface area contributed by atoms with E-state index in [9.17, 15) is 13.2 Å². The maximum atomic E-state index is 12.8. The molecule has 3 aromatic rings.